The van der Waals surface area contributed by atoms with Gasteiger partial charge < -0.3 is 55.0 Å². The molecular weight excluding hydrogens is 1710 g/mol. The minimum Gasteiger partial charge on any atom is -0.497 e. The highest BCUT2D eigenvalue weighted by atomic mass is 127. The number of nitrogens with one attached hydrogen (secondary N) is 5. The monoisotopic (exact) mass is 1800 g/mol. The number of hydrogen-bond acceptors (Lipinski definition) is 16. The largest absolute Gasteiger partial charge is 0.497 e. The minimum atomic E-state index is -3.01. The van der Waals surface area contributed by atoms with Crippen molar-refractivity contribution in [1.82, 2.24) is 24.9 Å². The molecule has 15 rings (SSSR count). The molecule has 5 amide bonds. The number of benzene rings is 10. The van der Waals surface area contributed by atoms with Crippen molar-refractivity contribution < 1.29 is 65.6 Å². The summed E-state index contributed by atoms with van der Waals surface area (Å²) >= 11 is 8.32. The molecular formula is C98H85ClF3IN10O11. The Morgan fingerprint density at radius 3 is 0.992 bits per heavy atom. The number of hydrogen-bond donors (Lipinski definition) is 5. The van der Waals surface area contributed by atoms with Gasteiger partial charge in [-0.1, -0.05) is 110 Å². The summed E-state index contributed by atoms with van der Waals surface area (Å²) in [5.41, 5.74) is 7.94. The number of anilines is 5. The molecule has 628 valence electrons. The van der Waals surface area contributed by atoms with Crippen LogP contribution < -0.4 is 55.0 Å². The first-order valence-corrected chi connectivity index (χ1v) is 38.8. The van der Waals surface area contributed by atoms with E-state index in [0.717, 1.165) is 27.2 Å². The summed E-state index contributed by atoms with van der Waals surface area (Å²) in [6, 6.07) is 80.8. The fraction of sp³-hybridized carbons (Fsp3) is 0.0816. The molecule has 5 heterocycles. The minimum absolute atomic E-state index is 0. The average Bonchev–Trinajstić information content (AvgIpc) is 0.844. The van der Waals surface area contributed by atoms with Gasteiger partial charge in [0.1, 0.15) is 69.1 Å². The third-order valence-electron chi connectivity index (χ3n) is 16.7. The van der Waals surface area contributed by atoms with Gasteiger partial charge in [0.15, 0.2) is 0 Å². The van der Waals surface area contributed by atoms with Gasteiger partial charge in [0, 0.05) is 145 Å². The van der Waals surface area contributed by atoms with Gasteiger partial charge in [0.2, 0.25) is 0 Å². The van der Waals surface area contributed by atoms with Crippen molar-refractivity contribution in [2.45, 2.75) is 48.5 Å². The van der Waals surface area contributed by atoms with Gasteiger partial charge in [-0.05, 0) is 225 Å². The number of ether oxygens (including phenoxy) is 6. The summed E-state index contributed by atoms with van der Waals surface area (Å²) in [7, 11) is 1.57. The third kappa shape index (κ3) is 30.3. The van der Waals surface area contributed by atoms with Gasteiger partial charge in [0.05, 0.1) is 38.1 Å². The molecule has 0 saturated carbocycles. The lowest BCUT2D eigenvalue weighted by molar-refractivity contribution is 0.0174. The highest BCUT2D eigenvalue weighted by molar-refractivity contribution is 14.1. The Bertz CT molecular complexity index is 5710. The van der Waals surface area contributed by atoms with E-state index in [1.54, 1.807) is 227 Å². The molecule has 5 N–H and O–H groups in total. The van der Waals surface area contributed by atoms with Gasteiger partial charge in [-0.15, -0.1) is 0 Å². The van der Waals surface area contributed by atoms with Crippen molar-refractivity contribution in [3.05, 3.63) is 412 Å². The third-order valence-corrected chi connectivity index (χ3v) is 17.6. The quantitative estimate of drug-likeness (QED) is 0.0395. The summed E-state index contributed by atoms with van der Waals surface area (Å²) in [5, 5.41) is 14.4. The smallest absolute Gasteiger partial charge is 0.270 e. The zero-order valence-electron chi connectivity index (χ0n) is 66.0. The number of alkyl halides is 2. The lowest BCUT2D eigenvalue weighted by Gasteiger charge is -2.12. The van der Waals surface area contributed by atoms with Gasteiger partial charge in [0.25, 0.3) is 35.5 Å². The van der Waals surface area contributed by atoms with Crippen molar-refractivity contribution in [3.63, 3.8) is 0 Å². The van der Waals surface area contributed by atoms with Crippen molar-refractivity contribution in [1.29, 1.82) is 0 Å². The van der Waals surface area contributed by atoms with Crippen molar-refractivity contribution >= 4 is 92.2 Å². The summed E-state index contributed by atoms with van der Waals surface area (Å²) in [6.07, 6.45) is 16.3. The van der Waals surface area contributed by atoms with Crippen LogP contribution >= 0.6 is 34.2 Å². The lowest BCUT2D eigenvalue weighted by Crippen LogP contribution is -2.14. The molecule has 0 radical (unpaired) electrons. The fourth-order valence-electron chi connectivity index (χ4n) is 11.1. The molecule has 0 spiro atoms. The maximum absolute atomic E-state index is 13.8. The zero-order valence-corrected chi connectivity index (χ0v) is 68.9. The van der Waals surface area contributed by atoms with Crippen LogP contribution in [0.2, 0.25) is 5.02 Å². The maximum Gasteiger partial charge on any atom is 0.270 e. The summed E-state index contributed by atoms with van der Waals surface area (Å²) in [6.45, 7) is 6.60. The maximum atomic E-state index is 13.8. The number of aromatic nitrogens is 5. The van der Waals surface area contributed by atoms with E-state index >= 15 is 0 Å². The number of halogens is 5. The van der Waals surface area contributed by atoms with Crippen molar-refractivity contribution in [2.24, 2.45) is 0 Å². The van der Waals surface area contributed by atoms with E-state index in [-0.39, 0.29) is 55.4 Å². The Kier molecular flexibility index (Phi) is 34.8. The summed E-state index contributed by atoms with van der Waals surface area (Å²) in [4.78, 5) is 81.6. The molecule has 0 bridgehead atoms. The first kappa shape index (κ1) is 92.8. The number of carbonyl (C=O) groups excluding carboxylic acids is 5. The Morgan fingerprint density at radius 2 is 0.621 bits per heavy atom. The number of methoxy groups -OCH3 is 1. The number of aryl methyl sites for hydroxylation is 3. The molecule has 10 aromatic carbocycles. The van der Waals surface area contributed by atoms with Gasteiger partial charge in [-0.25, -0.2) is 13.2 Å². The molecule has 0 atom stereocenters. The number of carbonyl (C=O) groups is 5. The Morgan fingerprint density at radius 1 is 0.323 bits per heavy atom. The van der Waals surface area contributed by atoms with Crippen molar-refractivity contribution in [2.75, 3.05) is 33.7 Å². The molecule has 26 heteroatoms. The molecule has 0 saturated heterocycles. The predicted molar refractivity (Wildman–Crippen MR) is 487 cm³/mol. The SMILES string of the molecule is C.C.CC(F)(F)c1cccc(C(=O)Nc2cccc(Oc3cccnc3)c2)c1.COc1cccc(C(=O)Nc2cccc(Oc3cccnc3)c2)c1.Cc1cccc(C(=O)Nc2cc(Cl)cc(Oc3cccnc3)c2)c1.Cc1cccc(C(=O)Nc2cc(F)cc(Oc3cccnc3)c2)c1.Cc1cccc(C(=O)Nc2cc(I)cc(Oc3cccnc3)c2)c1. The molecule has 124 heavy (non-hydrogen) atoms. The van der Waals surface area contributed by atoms with Crippen LogP contribution in [0.25, 0.3) is 0 Å². The molecule has 15 aromatic rings. The van der Waals surface area contributed by atoms with Crippen LogP contribution in [0, 0.1) is 30.2 Å². The molecule has 0 unspecified atom stereocenters. The van der Waals surface area contributed by atoms with E-state index in [1.165, 1.54) is 42.6 Å². The molecule has 0 fully saturated rings. The van der Waals surface area contributed by atoms with E-state index in [1.807, 2.05) is 106 Å². The van der Waals surface area contributed by atoms with E-state index in [4.69, 9.17) is 40.0 Å². The van der Waals surface area contributed by atoms with Crippen LogP contribution in [-0.4, -0.2) is 61.6 Å². The normalized spacial score (nSPS) is 10.2. The van der Waals surface area contributed by atoms with Crippen LogP contribution in [0.1, 0.15) is 95.8 Å². The Hall–Kier alpha value is -15.1. The second-order valence-corrected chi connectivity index (χ2v) is 28.3. The molecule has 21 nitrogen and oxygen atoms in total. The molecule has 0 aliphatic rings. The first-order chi connectivity index (χ1) is 58.9. The molecule has 5 aromatic heterocycles. The number of amides is 5. The van der Waals surface area contributed by atoms with Gasteiger partial charge in [-0.3, -0.25) is 48.9 Å². The van der Waals surface area contributed by atoms with E-state index < -0.39 is 17.6 Å². The van der Waals surface area contributed by atoms with Crippen molar-refractivity contribution in [3.8, 4) is 63.2 Å². The van der Waals surface area contributed by atoms with Crippen LogP contribution in [0.15, 0.2) is 347 Å². The summed E-state index contributed by atoms with van der Waals surface area (Å²) < 4.78 is 75.2. The predicted octanol–water partition coefficient (Wildman–Crippen LogP) is 25.3. The first-order valence-electron chi connectivity index (χ1n) is 37.4. The second kappa shape index (κ2) is 46.5. The topological polar surface area (TPSA) is 265 Å². The molecule has 0 aliphatic heterocycles. The van der Waals surface area contributed by atoms with E-state index in [0.29, 0.717) is 113 Å². The Balaban J connectivity index is 0.000000175. The lowest BCUT2D eigenvalue weighted by atomic mass is 10.1. The van der Waals surface area contributed by atoms with E-state index in [2.05, 4.69) is 74.1 Å². The van der Waals surface area contributed by atoms with Gasteiger partial charge >= 0.3 is 0 Å². The van der Waals surface area contributed by atoms with E-state index in [9.17, 15) is 37.1 Å². The molecule has 0 aliphatic carbocycles. The highest BCUT2D eigenvalue weighted by Gasteiger charge is 2.25. The highest BCUT2D eigenvalue weighted by Crippen LogP contribution is 2.34. The standard InChI is InChI=1S/C20H16F2N2O2.C19H15ClN2O2.C19H15FN2O2.C19H15IN2O2.C19H16N2O3.2CH4/c1-20(21,22)15-6-2-5-14(11-15)19(25)24-16-7-3-8-17(12-16)26-18-9-4-10-23-13-18;3*1-13-4-2-5-14(8-13)19(23)22-16-9-15(20)10-18(11-16)24-17-6-3-7-21-12-17;1-23-16-7-2-5-14(11-16)19(22)21-15-6-3-8-17(12-15)24-18-9-4-10-20-13-18;;/h2-13H,1H3,(H,24,25);3*2-12H,1H3,(H,22,23);2-13H,1H3,(H,21,22);2*1H4. The number of rotatable bonds is 22. The van der Waals surface area contributed by atoms with Gasteiger partial charge in [-0.2, -0.15) is 0 Å². The number of pyridine rings is 5. The zero-order chi connectivity index (χ0) is 86.2. The van der Waals surface area contributed by atoms with Crippen LogP contribution in [-0.2, 0) is 5.92 Å². The second-order valence-electron chi connectivity index (χ2n) is 26.6. The number of nitrogens with zero attached hydrogens (tertiary/aromatic N) is 5. The van der Waals surface area contributed by atoms with Crippen LogP contribution in [0.4, 0.5) is 41.6 Å². The Labute approximate surface area is 734 Å². The average molecular weight is 1800 g/mol. The summed E-state index contributed by atoms with van der Waals surface area (Å²) in [5.74, 6) is 1.29. The van der Waals surface area contributed by atoms with Crippen LogP contribution in [0.3, 0.4) is 0 Å². The van der Waals surface area contributed by atoms with Crippen LogP contribution in [0.5, 0.6) is 63.2 Å². The fourth-order valence-corrected chi connectivity index (χ4v) is 12.0.